The van der Waals surface area contributed by atoms with Crippen LogP contribution in [0.3, 0.4) is 0 Å². The van der Waals surface area contributed by atoms with Crippen LogP contribution in [-0.4, -0.2) is 62.3 Å². The molecule has 1 N–H and O–H groups in total. The molecule has 1 amide bonds. The van der Waals surface area contributed by atoms with Crippen molar-refractivity contribution < 1.29 is 33.6 Å². The first-order valence-corrected chi connectivity index (χ1v) is 11.6. The fourth-order valence-corrected chi connectivity index (χ4v) is 4.26. The van der Waals surface area contributed by atoms with E-state index in [9.17, 15) is 14.7 Å². The van der Waals surface area contributed by atoms with Crippen LogP contribution in [0.1, 0.15) is 37.4 Å². The van der Waals surface area contributed by atoms with Crippen molar-refractivity contribution >= 4 is 29.1 Å². The Labute approximate surface area is 210 Å². The first-order valence-electron chi connectivity index (χ1n) is 11.2. The zero-order chi connectivity index (χ0) is 25.7. The summed E-state index contributed by atoms with van der Waals surface area (Å²) in [5, 5.41) is 11.7. The molecule has 1 heterocycles. The number of Topliss-reactive ketones (excluding diaryl/α,β-unsaturated/α-hetero) is 1. The van der Waals surface area contributed by atoms with E-state index in [0.29, 0.717) is 24.3 Å². The number of ketones is 1. The van der Waals surface area contributed by atoms with Gasteiger partial charge in [-0.1, -0.05) is 23.7 Å². The van der Waals surface area contributed by atoms with Gasteiger partial charge >= 0.3 is 0 Å². The van der Waals surface area contributed by atoms with Gasteiger partial charge in [-0.2, -0.15) is 0 Å². The molecule has 188 valence electrons. The normalized spacial score (nSPS) is 17.2. The quantitative estimate of drug-likeness (QED) is 0.219. The van der Waals surface area contributed by atoms with E-state index in [4.69, 9.17) is 30.5 Å². The van der Waals surface area contributed by atoms with Gasteiger partial charge in [0.2, 0.25) is 0 Å². The number of benzene rings is 2. The second-order valence-electron chi connectivity index (χ2n) is 8.26. The molecule has 2 aromatic rings. The second kappa shape index (κ2) is 11.5. The molecule has 1 saturated heterocycles. The van der Waals surface area contributed by atoms with Crippen LogP contribution in [0, 0.1) is 0 Å². The lowest BCUT2D eigenvalue weighted by atomic mass is 9.94. The molecule has 9 heteroatoms. The summed E-state index contributed by atoms with van der Waals surface area (Å²) in [7, 11) is 4.43. The zero-order valence-corrected chi connectivity index (χ0v) is 21.2. The van der Waals surface area contributed by atoms with Gasteiger partial charge < -0.3 is 29.0 Å². The van der Waals surface area contributed by atoms with E-state index in [0.717, 1.165) is 0 Å². The summed E-state index contributed by atoms with van der Waals surface area (Å²) >= 11 is 6.21. The molecule has 0 spiro atoms. The minimum atomic E-state index is -0.814. The second-order valence-corrected chi connectivity index (χ2v) is 8.67. The molecule has 1 aliphatic rings. The molecule has 0 bridgehead atoms. The monoisotopic (exact) mass is 503 g/mol. The van der Waals surface area contributed by atoms with Crippen molar-refractivity contribution in [3.05, 3.63) is 58.1 Å². The lowest BCUT2D eigenvalue weighted by Gasteiger charge is -2.25. The van der Waals surface area contributed by atoms with Crippen molar-refractivity contribution in [2.45, 2.75) is 32.4 Å². The summed E-state index contributed by atoms with van der Waals surface area (Å²) in [6.07, 6.45) is 0.514. The van der Waals surface area contributed by atoms with Gasteiger partial charge in [-0.3, -0.25) is 9.59 Å². The maximum Gasteiger partial charge on any atom is 0.295 e. The highest BCUT2D eigenvalue weighted by Gasteiger charge is 2.46. The Hall–Kier alpha value is -3.23. The number of hydrogen-bond acceptors (Lipinski definition) is 7. The van der Waals surface area contributed by atoms with E-state index in [1.54, 1.807) is 31.4 Å². The third-order valence-electron chi connectivity index (χ3n) is 5.58. The Kier molecular flexibility index (Phi) is 8.64. The molecule has 1 aliphatic heterocycles. The average Bonchev–Trinajstić information content (AvgIpc) is 3.08. The number of ether oxygens (including phenoxy) is 4. The predicted molar refractivity (Wildman–Crippen MR) is 132 cm³/mol. The molecule has 0 aromatic heterocycles. The highest BCUT2D eigenvalue weighted by atomic mass is 35.5. The first kappa shape index (κ1) is 26.4. The van der Waals surface area contributed by atoms with Crippen LogP contribution in [0.5, 0.6) is 17.2 Å². The van der Waals surface area contributed by atoms with Crippen LogP contribution in [0.25, 0.3) is 5.76 Å². The molecule has 3 rings (SSSR count). The van der Waals surface area contributed by atoms with Gasteiger partial charge in [0, 0.05) is 26.3 Å². The standard InChI is InChI=1S/C26H30ClNO7/c1-15(2)35-17-9-7-16(8-10-17)23-22(25(30)26(31)28(23)11-6-12-32-3)24(29)18-13-21(34-5)19(27)14-20(18)33-4/h7-10,13-15,23,29H,6,11-12H2,1-5H3/b24-22+. The molecule has 35 heavy (non-hydrogen) atoms. The minimum absolute atomic E-state index is 0.00659. The molecule has 0 saturated carbocycles. The summed E-state index contributed by atoms with van der Waals surface area (Å²) in [4.78, 5) is 27.7. The smallest absolute Gasteiger partial charge is 0.295 e. The third kappa shape index (κ3) is 5.55. The number of carbonyl (C=O) groups is 2. The average molecular weight is 504 g/mol. The number of amides is 1. The number of likely N-dealkylation sites (tertiary alicyclic amines) is 1. The predicted octanol–water partition coefficient (Wildman–Crippen LogP) is 4.60. The topological polar surface area (TPSA) is 94.5 Å². The van der Waals surface area contributed by atoms with Crippen molar-refractivity contribution in [2.24, 2.45) is 0 Å². The lowest BCUT2D eigenvalue weighted by Crippen LogP contribution is -2.31. The SMILES string of the molecule is COCCCN1C(=O)C(=O)/C(=C(/O)c2cc(OC)c(Cl)cc2OC)C1c1ccc(OC(C)C)cc1. The number of aliphatic hydroxyl groups is 1. The molecular formula is C26H30ClNO7. The molecule has 0 aliphatic carbocycles. The van der Waals surface area contributed by atoms with Crippen molar-refractivity contribution in [3.63, 3.8) is 0 Å². The number of methoxy groups -OCH3 is 3. The van der Waals surface area contributed by atoms with E-state index in [-0.39, 0.29) is 46.1 Å². The largest absolute Gasteiger partial charge is 0.507 e. The number of aliphatic hydroxyl groups excluding tert-OH is 1. The van der Waals surface area contributed by atoms with Crippen molar-refractivity contribution in [1.29, 1.82) is 0 Å². The fraction of sp³-hybridized carbons (Fsp3) is 0.385. The highest BCUT2D eigenvalue weighted by Crippen LogP contribution is 2.43. The van der Waals surface area contributed by atoms with Crippen molar-refractivity contribution in [3.8, 4) is 17.2 Å². The summed E-state index contributed by atoms with van der Waals surface area (Å²) in [5.41, 5.74) is 0.792. The maximum absolute atomic E-state index is 13.2. The number of carbonyl (C=O) groups excluding carboxylic acids is 2. The molecule has 2 aromatic carbocycles. The minimum Gasteiger partial charge on any atom is -0.507 e. The molecule has 0 radical (unpaired) electrons. The third-order valence-corrected chi connectivity index (χ3v) is 5.88. The molecule has 1 unspecified atom stereocenters. The van der Waals surface area contributed by atoms with Gasteiger partial charge in [0.25, 0.3) is 11.7 Å². The fourth-order valence-electron chi connectivity index (χ4n) is 4.03. The van der Waals surface area contributed by atoms with E-state index in [1.807, 2.05) is 13.8 Å². The molecule has 1 fully saturated rings. The Bertz CT molecular complexity index is 1110. The number of halogens is 1. The van der Waals surface area contributed by atoms with Crippen molar-refractivity contribution in [2.75, 3.05) is 34.5 Å². The van der Waals surface area contributed by atoms with Crippen LogP contribution in [0.15, 0.2) is 42.0 Å². The number of hydrogen-bond donors (Lipinski definition) is 1. The number of nitrogens with zero attached hydrogens (tertiary/aromatic N) is 1. The van der Waals surface area contributed by atoms with E-state index >= 15 is 0 Å². The summed E-state index contributed by atoms with van der Waals surface area (Å²) < 4.78 is 21.5. The van der Waals surface area contributed by atoms with Crippen LogP contribution in [-0.2, 0) is 14.3 Å². The van der Waals surface area contributed by atoms with Gasteiger partial charge in [0.05, 0.1) is 42.5 Å². The summed E-state index contributed by atoms with van der Waals surface area (Å²) in [5.74, 6) is -0.687. The van der Waals surface area contributed by atoms with Gasteiger partial charge in [0.15, 0.2) is 0 Å². The molecular weight excluding hydrogens is 474 g/mol. The molecule has 1 atom stereocenters. The van der Waals surface area contributed by atoms with Gasteiger partial charge in [-0.25, -0.2) is 0 Å². The van der Waals surface area contributed by atoms with E-state index in [2.05, 4.69) is 0 Å². The van der Waals surface area contributed by atoms with Gasteiger partial charge in [0.1, 0.15) is 23.0 Å². The number of rotatable bonds is 10. The lowest BCUT2D eigenvalue weighted by molar-refractivity contribution is -0.140. The molecule has 8 nitrogen and oxygen atoms in total. The Morgan fingerprint density at radius 1 is 1.06 bits per heavy atom. The van der Waals surface area contributed by atoms with Crippen LogP contribution in [0.2, 0.25) is 5.02 Å². The Morgan fingerprint density at radius 3 is 2.29 bits per heavy atom. The van der Waals surface area contributed by atoms with E-state index in [1.165, 1.54) is 31.3 Å². The van der Waals surface area contributed by atoms with Gasteiger partial charge in [-0.15, -0.1) is 0 Å². The summed E-state index contributed by atoms with van der Waals surface area (Å²) in [6, 6.07) is 9.26. The van der Waals surface area contributed by atoms with Crippen molar-refractivity contribution in [1.82, 2.24) is 4.90 Å². The first-order chi connectivity index (χ1) is 16.7. The Balaban J connectivity index is 2.17. The van der Waals surface area contributed by atoms with Crippen LogP contribution in [0.4, 0.5) is 0 Å². The van der Waals surface area contributed by atoms with Gasteiger partial charge in [-0.05, 0) is 44.0 Å². The summed E-state index contributed by atoms with van der Waals surface area (Å²) in [6.45, 7) is 4.53. The highest BCUT2D eigenvalue weighted by molar-refractivity contribution is 6.46. The van der Waals surface area contributed by atoms with Crippen LogP contribution < -0.4 is 14.2 Å². The van der Waals surface area contributed by atoms with Crippen LogP contribution >= 0.6 is 11.6 Å². The zero-order valence-electron chi connectivity index (χ0n) is 20.5. The van der Waals surface area contributed by atoms with E-state index < -0.39 is 17.7 Å². The maximum atomic E-state index is 13.2. The Morgan fingerprint density at radius 2 is 1.71 bits per heavy atom.